The largest absolute Gasteiger partial charge is 0.371 e. The quantitative estimate of drug-likeness (QED) is 0.758. The van der Waals surface area contributed by atoms with Gasteiger partial charge in [0.2, 0.25) is 5.91 Å². The zero-order valence-corrected chi connectivity index (χ0v) is 15.3. The minimum absolute atomic E-state index is 0.148. The van der Waals surface area contributed by atoms with Gasteiger partial charge in [-0.15, -0.1) is 5.48 Å². The van der Waals surface area contributed by atoms with E-state index in [4.69, 9.17) is 4.84 Å². The number of hydrogen-bond donors (Lipinski definition) is 1. The van der Waals surface area contributed by atoms with Gasteiger partial charge < -0.3 is 14.6 Å². The number of anilines is 1. The van der Waals surface area contributed by atoms with Crippen LogP contribution < -0.4 is 10.4 Å². The van der Waals surface area contributed by atoms with E-state index in [9.17, 15) is 9.59 Å². The Kier molecular flexibility index (Phi) is 6.32. The Bertz CT molecular complexity index is 776. The molecule has 1 aromatic carbocycles. The van der Waals surface area contributed by atoms with Gasteiger partial charge >= 0.3 is 5.97 Å². The molecule has 0 bridgehead atoms. The van der Waals surface area contributed by atoms with Crippen molar-refractivity contribution in [2.24, 2.45) is 0 Å². The van der Waals surface area contributed by atoms with Crippen molar-refractivity contribution in [2.45, 2.75) is 19.9 Å². The molecule has 0 aliphatic carbocycles. The van der Waals surface area contributed by atoms with Gasteiger partial charge in [0, 0.05) is 39.2 Å². The maximum atomic E-state index is 12.5. The van der Waals surface area contributed by atoms with Gasteiger partial charge in [0.15, 0.2) is 0 Å². The number of piperazine rings is 1. The number of carbonyl (C=O) groups excluding carboxylic acids is 2. The summed E-state index contributed by atoms with van der Waals surface area (Å²) in [5.41, 5.74) is 4.32. The third-order valence-electron chi connectivity index (χ3n) is 4.33. The van der Waals surface area contributed by atoms with E-state index in [2.05, 4.69) is 20.3 Å². The van der Waals surface area contributed by atoms with Crippen LogP contribution >= 0.6 is 0 Å². The van der Waals surface area contributed by atoms with E-state index in [1.54, 1.807) is 0 Å². The number of aromatic nitrogens is 2. The lowest BCUT2D eigenvalue weighted by Crippen LogP contribution is -2.49. The zero-order valence-electron chi connectivity index (χ0n) is 15.3. The molecule has 1 fully saturated rings. The van der Waals surface area contributed by atoms with Crippen LogP contribution in [-0.2, 0) is 27.4 Å². The van der Waals surface area contributed by atoms with E-state index < -0.39 is 5.97 Å². The van der Waals surface area contributed by atoms with Crippen LogP contribution in [-0.4, -0.2) is 52.9 Å². The van der Waals surface area contributed by atoms with Crippen molar-refractivity contribution in [1.29, 1.82) is 0 Å². The molecule has 142 valence electrons. The molecule has 0 spiro atoms. The summed E-state index contributed by atoms with van der Waals surface area (Å²) in [6, 6.07) is 11.6. The number of hydrogen-bond acceptors (Lipinski definition) is 7. The van der Waals surface area contributed by atoms with Crippen molar-refractivity contribution < 1.29 is 14.4 Å². The Balaban J connectivity index is 1.51. The molecule has 2 heterocycles. The van der Waals surface area contributed by atoms with Crippen LogP contribution in [0.2, 0.25) is 0 Å². The SMILES string of the molecule is CC(=O)ONCc1cc(N2CCN(C(=O)Cc3ccccc3)CC2)ncn1. The molecule has 3 rings (SSSR count). The molecule has 0 atom stereocenters. The molecule has 0 radical (unpaired) electrons. The molecule has 8 nitrogen and oxygen atoms in total. The number of carbonyl (C=O) groups is 2. The lowest BCUT2D eigenvalue weighted by molar-refractivity contribution is -0.148. The normalized spacial score (nSPS) is 14.1. The third-order valence-corrected chi connectivity index (χ3v) is 4.33. The van der Waals surface area contributed by atoms with E-state index in [0.29, 0.717) is 39.1 Å². The topological polar surface area (TPSA) is 87.7 Å². The van der Waals surface area contributed by atoms with E-state index in [1.807, 2.05) is 41.3 Å². The predicted molar refractivity (Wildman–Crippen MR) is 99.6 cm³/mol. The summed E-state index contributed by atoms with van der Waals surface area (Å²) >= 11 is 0. The summed E-state index contributed by atoms with van der Waals surface area (Å²) in [6.07, 6.45) is 1.92. The summed E-state index contributed by atoms with van der Waals surface area (Å²) in [5, 5.41) is 0. The number of nitrogens with zero attached hydrogens (tertiary/aromatic N) is 4. The Hall–Kier alpha value is -3.00. The summed E-state index contributed by atoms with van der Waals surface area (Å²) in [4.78, 5) is 40.5. The molecule has 8 heteroatoms. The van der Waals surface area contributed by atoms with E-state index in [0.717, 1.165) is 17.1 Å². The number of amides is 1. The zero-order chi connectivity index (χ0) is 19.1. The lowest BCUT2D eigenvalue weighted by atomic mass is 10.1. The average molecular weight is 369 g/mol. The van der Waals surface area contributed by atoms with E-state index >= 15 is 0 Å². The van der Waals surface area contributed by atoms with Gasteiger partial charge in [0.05, 0.1) is 18.7 Å². The van der Waals surface area contributed by atoms with Crippen molar-refractivity contribution in [2.75, 3.05) is 31.1 Å². The smallest absolute Gasteiger partial charge is 0.321 e. The minimum Gasteiger partial charge on any atom is -0.371 e. The van der Waals surface area contributed by atoms with Crippen molar-refractivity contribution >= 4 is 17.7 Å². The fourth-order valence-electron chi connectivity index (χ4n) is 2.93. The Morgan fingerprint density at radius 2 is 1.85 bits per heavy atom. The highest BCUT2D eigenvalue weighted by molar-refractivity contribution is 5.79. The van der Waals surface area contributed by atoms with Gasteiger partial charge in [0.25, 0.3) is 0 Å². The molecule has 1 N–H and O–H groups in total. The first-order valence-electron chi connectivity index (χ1n) is 8.89. The van der Waals surface area contributed by atoms with Gasteiger partial charge in [-0.2, -0.15) is 0 Å². The van der Waals surface area contributed by atoms with Crippen molar-refractivity contribution in [3.63, 3.8) is 0 Å². The molecular weight excluding hydrogens is 346 g/mol. The molecule has 1 saturated heterocycles. The van der Waals surface area contributed by atoms with Crippen LogP contribution in [0, 0.1) is 0 Å². The minimum atomic E-state index is -0.402. The molecule has 2 aromatic rings. The van der Waals surface area contributed by atoms with Crippen molar-refractivity contribution in [3.8, 4) is 0 Å². The molecular formula is C19H23N5O3. The van der Waals surface area contributed by atoms with Crippen molar-refractivity contribution in [1.82, 2.24) is 20.3 Å². The number of hydroxylamine groups is 1. The monoisotopic (exact) mass is 369 g/mol. The maximum absolute atomic E-state index is 12.5. The van der Waals surface area contributed by atoms with Crippen LogP contribution in [0.15, 0.2) is 42.7 Å². The summed E-state index contributed by atoms with van der Waals surface area (Å²) in [5.74, 6) is 0.551. The fourth-order valence-corrected chi connectivity index (χ4v) is 2.93. The van der Waals surface area contributed by atoms with Gasteiger partial charge in [0.1, 0.15) is 12.1 Å². The Morgan fingerprint density at radius 1 is 1.11 bits per heavy atom. The van der Waals surface area contributed by atoms with Crippen molar-refractivity contribution in [3.05, 3.63) is 54.0 Å². The number of nitrogens with one attached hydrogen (secondary N) is 1. The van der Waals surface area contributed by atoms with Crippen LogP contribution in [0.5, 0.6) is 0 Å². The standard InChI is InChI=1S/C19H23N5O3/c1-15(25)27-22-13-17-12-18(21-14-20-17)23-7-9-24(10-8-23)19(26)11-16-5-3-2-4-6-16/h2-6,12,14,22H,7-11,13H2,1H3. The van der Waals surface area contributed by atoms with Crippen LogP contribution in [0.3, 0.4) is 0 Å². The van der Waals surface area contributed by atoms with Gasteiger partial charge in [-0.25, -0.2) is 9.97 Å². The van der Waals surface area contributed by atoms with E-state index in [-0.39, 0.29) is 5.91 Å². The highest BCUT2D eigenvalue weighted by Gasteiger charge is 2.22. The second kappa shape index (κ2) is 9.09. The van der Waals surface area contributed by atoms with Gasteiger partial charge in [-0.1, -0.05) is 30.3 Å². The van der Waals surface area contributed by atoms with Crippen LogP contribution in [0.25, 0.3) is 0 Å². The van der Waals surface area contributed by atoms with Crippen LogP contribution in [0.4, 0.5) is 5.82 Å². The average Bonchev–Trinajstić information content (AvgIpc) is 2.69. The molecule has 1 aromatic heterocycles. The molecule has 0 unspecified atom stereocenters. The second-order valence-electron chi connectivity index (χ2n) is 6.31. The number of rotatable bonds is 6. The molecule has 1 aliphatic heterocycles. The van der Waals surface area contributed by atoms with Gasteiger partial charge in [-0.05, 0) is 5.56 Å². The fraction of sp³-hybridized carbons (Fsp3) is 0.368. The maximum Gasteiger partial charge on any atom is 0.321 e. The number of benzene rings is 1. The highest BCUT2D eigenvalue weighted by atomic mass is 16.7. The second-order valence-corrected chi connectivity index (χ2v) is 6.31. The molecule has 0 saturated carbocycles. The lowest BCUT2D eigenvalue weighted by Gasteiger charge is -2.35. The molecule has 1 amide bonds. The summed E-state index contributed by atoms with van der Waals surface area (Å²) in [7, 11) is 0. The van der Waals surface area contributed by atoms with Gasteiger partial charge in [-0.3, -0.25) is 9.59 Å². The first kappa shape index (κ1) is 18.8. The first-order valence-corrected chi connectivity index (χ1v) is 8.89. The first-order chi connectivity index (χ1) is 13.1. The highest BCUT2D eigenvalue weighted by Crippen LogP contribution is 2.15. The molecule has 27 heavy (non-hydrogen) atoms. The summed E-state index contributed by atoms with van der Waals surface area (Å²) < 4.78 is 0. The Morgan fingerprint density at radius 3 is 2.56 bits per heavy atom. The third kappa shape index (κ3) is 5.49. The van der Waals surface area contributed by atoms with Crippen LogP contribution in [0.1, 0.15) is 18.2 Å². The predicted octanol–water partition coefficient (Wildman–Crippen LogP) is 0.936. The molecule has 1 aliphatic rings. The summed E-state index contributed by atoms with van der Waals surface area (Å²) in [6.45, 7) is 4.40. The van der Waals surface area contributed by atoms with E-state index in [1.165, 1.54) is 13.3 Å². The Labute approximate surface area is 158 Å².